The number of rotatable bonds is 50. The van der Waals surface area contributed by atoms with Crippen molar-refractivity contribution in [2.45, 2.75) is 271 Å². The van der Waals surface area contributed by atoms with Gasteiger partial charge in [0.05, 0.1) is 0 Å². The van der Waals surface area contributed by atoms with Gasteiger partial charge >= 0.3 is 17.9 Å². The molecule has 0 spiro atoms. The van der Waals surface area contributed by atoms with Crippen LogP contribution in [-0.4, -0.2) is 37.2 Å². The van der Waals surface area contributed by atoms with Gasteiger partial charge in [-0.3, -0.25) is 14.4 Å². The van der Waals surface area contributed by atoms with E-state index in [0.717, 1.165) is 70.6 Å². The largest absolute Gasteiger partial charge is 0.462 e. The average molecular weight is 933 g/mol. The van der Waals surface area contributed by atoms with Gasteiger partial charge in [0.25, 0.3) is 0 Å². The molecule has 0 fully saturated rings. The lowest BCUT2D eigenvalue weighted by Gasteiger charge is -2.18. The van der Waals surface area contributed by atoms with Crippen LogP contribution in [0, 0.1) is 0 Å². The van der Waals surface area contributed by atoms with Crippen molar-refractivity contribution in [3.05, 3.63) is 85.1 Å². The van der Waals surface area contributed by atoms with Crippen molar-refractivity contribution in [1.29, 1.82) is 0 Å². The Bertz CT molecular complexity index is 1300. The van der Waals surface area contributed by atoms with Crippen LogP contribution in [0.15, 0.2) is 85.1 Å². The minimum absolute atomic E-state index is 0.0995. The molecule has 0 heterocycles. The Balaban J connectivity index is 4.46. The van der Waals surface area contributed by atoms with Crippen LogP contribution in [0.5, 0.6) is 0 Å². The maximum atomic E-state index is 12.8. The van der Waals surface area contributed by atoms with Gasteiger partial charge in [-0.1, -0.05) is 241 Å². The summed E-state index contributed by atoms with van der Waals surface area (Å²) in [4.78, 5) is 38.0. The molecule has 0 saturated carbocycles. The third kappa shape index (κ3) is 53.4. The molecule has 0 aliphatic rings. The summed E-state index contributed by atoms with van der Waals surface area (Å²) in [7, 11) is 0. The van der Waals surface area contributed by atoms with E-state index in [1.165, 1.54) is 148 Å². The normalized spacial score (nSPS) is 12.7. The van der Waals surface area contributed by atoms with Gasteiger partial charge in [-0.2, -0.15) is 0 Å². The zero-order chi connectivity index (χ0) is 48.6. The SMILES string of the molecule is CCCCC/C=C\C/C=C\C/C=C\C/C=C\C/C=C\CCC(=O)OC[C@H](COC(=O)CCCCCCCCCCCCC)OC(=O)CCCCCCCCCCC/C=C\C/C=C\CCCCC. The molecule has 0 amide bonds. The number of carbonyl (C=O) groups is 3. The fourth-order valence-electron chi connectivity index (χ4n) is 7.63. The van der Waals surface area contributed by atoms with Crippen molar-refractivity contribution < 1.29 is 28.6 Å². The second kappa shape index (κ2) is 55.2. The molecule has 6 nitrogen and oxygen atoms in total. The molecule has 0 rings (SSSR count). The lowest BCUT2D eigenvalue weighted by atomic mass is 10.1. The third-order valence-electron chi connectivity index (χ3n) is 11.9. The second-order valence-corrected chi connectivity index (χ2v) is 18.5. The summed E-state index contributed by atoms with van der Waals surface area (Å²) in [5, 5.41) is 0. The minimum atomic E-state index is -0.807. The highest BCUT2D eigenvalue weighted by atomic mass is 16.6. The summed E-state index contributed by atoms with van der Waals surface area (Å²) in [6.45, 7) is 6.52. The van der Waals surface area contributed by atoms with Crippen LogP contribution >= 0.6 is 0 Å². The van der Waals surface area contributed by atoms with Gasteiger partial charge in [0.1, 0.15) is 13.2 Å². The van der Waals surface area contributed by atoms with Crippen molar-refractivity contribution in [3.8, 4) is 0 Å². The van der Waals surface area contributed by atoms with Crippen molar-refractivity contribution >= 4 is 17.9 Å². The molecular weight excluding hydrogens is 829 g/mol. The molecule has 0 saturated heterocycles. The maximum absolute atomic E-state index is 12.8. The smallest absolute Gasteiger partial charge is 0.306 e. The minimum Gasteiger partial charge on any atom is -0.462 e. The summed E-state index contributed by atoms with van der Waals surface area (Å²) in [5.41, 5.74) is 0. The average Bonchev–Trinajstić information content (AvgIpc) is 3.33. The monoisotopic (exact) mass is 933 g/mol. The van der Waals surface area contributed by atoms with Crippen LogP contribution in [0.1, 0.15) is 265 Å². The fraction of sp³-hybridized carbons (Fsp3) is 0.721. The van der Waals surface area contributed by atoms with E-state index in [2.05, 4.69) is 99.8 Å². The van der Waals surface area contributed by atoms with Crippen LogP contribution in [0.25, 0.3) is 0 Å². The number of unbranched alkanes of at least 4 members (excludes halogenated alkanes) is 25. The molecule has 384 valence electrons. The van der Waals surface area contributed by atoms with Crippen molar-refractivity contribution in [3.63, 3.8) is 0 Å². The van der Waals surface area contributed by atoms with E-state index in [1.54, 1.807) is 0 Å². The Morgan fingerprint density at radius 3 is 0.955 bits per heavy atom. The number of allylic oxidation sites excluding steroid dienone is 14. The summed E-state index contributed by atoms with van der Waals surface area (Å²) in [5.74, 6) is -0.987. The van der Waals surface area contributed by atoms with Gasteiger partial charge in [0.15, 0.2) is 6.10 Å². The lowest BCUT2D eigenvalue weighted by Crippen LogP contribution is -2.30. The van der Waals surface area contributed by atoms with Crippen molar-refractivity contribution in [1.82, 2.24) is 0 Å². The molecule has 0 bridgehead atoms. The molecule has 0 unspecified atom stereocenters. The third-order valence-corrected chi connectivity index (χ3v) is 11.9. The zero-order valence-corrected chi connectivity index (χ0v) is 43.9. The molecule has 1 atom stereocenters. The zero-order valence-electron chi connectivity index (χ0n) is 43.9. The van der Waals surface area contributed by atoms with E-state index >= 15 is 0 Å². The molecule has 0 radical (unpaired) electrons. The highest BCUT2D eigenvalue weighted by Gasteiger charge is 2.19. The van der Waals surface area contributed by atoms with E-state index in [1.807, 2.05) is 6.08 Å². The van der Waals surface area contributed by atoms with Gasteiger partial charge in [-0.05, 0) is 89.9 Å². The lowest BCUT2D eigenvalue weighted by molar-refractivity contribution is -0.166. The second-order valence-electron chi connectivity index (χ2n) is 18.5. The Hall–Kier alpha value is -3.41. The molecular formula is C61H104O6. The van der Waals surface area contributed by atoms with Crippen LogP contribution in [0.4, 0.5) is 0 Å². The Labute approximate surface area is 414 Å². The van der Waals surface area contributed by atoms with E-state index in [9.17, 15) is 14.4 Å². The van der Waals surface area contributed by atoms with Gasteiger partial charge in [-0.25, -0.2) is 0 Å². The predicted octanol–water partition coefficient (Wildman–Crippen LogP) is 18.8. The van der Waals surface area contributed by atoms with Crippen LogP contribution in [0.3, 0.4) is 0 Å². The highest BCUT2D eigenvalue weighted by molar-refractivity contribution is 5.71. The molecule has 67 heavy (non-hydrogen) atoms. The van der Waals surface area contributed by atoms with Crippen molar-refractivity contribution in [2.75, 3.05) is 13.2 Å². The molecule has 6 heteroatoms. The molecule has 0 aromatic heterocycles. The first-order valence-corrected chi connectivity index (χ1v) is 28.1. The number of hydrogen-bond acceptors (Lipinski definition) is 6. The number of carbonyl (C=O) groups excluding carboxylic acids is 3. The highest BCUT2D eigenvalue weighted by Crippen LogP contribution is 2.15. The molecule has 0 aromatic rings. The Morgan fingerprint density at radius 2 is 0.567 bits per heavy atom. The van der Waals surface area contributed by atoms with Gasteiger partial charge in [0.2, 0.25) is 0 Å². The first-order valence-electron chi connectivity index (χ1n) is 28.1. The van der Waals surface area contributed by atoms with E-state index in [0.29, 0.717) is 19.3 Å². The fourth-order valence-corrected chi connectivity index (χ4v) is 7.63. The molecule has 0 aliphatic heterocycles. The molecule has 0 N–H and O–H groups in total. The maximum Gasteiger partial charge on any atom is 0.306 e. The van der Waals surface area contributed by atoms with E-state index in [4.69, 9.17) is 14.2 Å². The first-order chi connectivity index (χ1) is 33.0. The van der Waals surface area contributed by atoms with Crippen LogP contribution in [0.2, 0.25) is 0 Å². The quantitative estimate of drug-likeness (QED) is 0.0262. The number of hydrogen-bond donors (Lipinski definition) is 0. The number of esters is 3. The van der Waals surface area contributed by atoms with E-state index < -0.39 is 6.10 Å². The molecule has 0 aliphatic carbocycles. The number of ether oxygens (including phenoxy) is 3. The summed E-state index contributed by atoms with van der Waals surface area (Å²) in [6, 6.07) is 0. The first kappa shape index (κ1) is 63.6. The standard InChI is InChI=1S/C61H104O6/c1-4-7-10-13-16-19-22-24-26-28-30-32-34-36-39-42-45-48-51-54-60(63)66-57-58(56-65-59(62)53-50-47-44-41-38-21-18-15-12-9-6-3)67-61(64)55-52-49-46-43-40-37-35-33-31-29-27-25-23-20-17-14-11-8-5-2/h16-17,19-20,24-27,30,32,36,39,45,48,58H,4-15,18,21-23,28-29,31,33-35,37-38,40-44,46-47,49-57H2,1-3H3/b19-16-,20-17-,26-24-,27-25-,32-30-,39-36-,48-45-/t58-/m0/s1. The molecule has 0 aromatic carbocycles. The predicted molar refractivity (Wildman–Crippen MR) is 288 cm³/mol. The summed E-state index contributed by atoms with van der Waals surface area (Å²) < 4.78 is 16.8. The van der Waals surface area contributed by atoms with Gasteiger partial charge < -0.3 is 14.2 Å². The van der Waals surface area contributed by atoms with Crippen molar-refractivity contribution in [2.24, 2.45) is 0 Å². The topological polar surface area (TPSA) is 78.9 Å². The van der Waals surface area contributed by atoms with Gasteiger partial charge in [-0.15, -0.1) is 0 Å². The Kier molecular flexibility index (Phi) is 52.4. The van der Waals surface area contributed by atoms with Crippen LogP contribution < -0.4 is 0 Å². The summed E-state index contributed by atoms with van der Waals surface area (Å²) in [6.07, 6.45) is 71.5. The summed E-state index contributed by atoms with van der Waals surface area (Å²) >= 11 is 0. The van der Waals surface area contributed by atoms with Crippen LogP contribution in [-0.2, 0) is 28.6 Å². The van der Waals surface area contributed by atoms with E-state index in [-0.39, 0.29) is 37.5 Å². The Morgan fingerprint density at radius 1 is 0.299 bits per heavy atom. The van der Waals surface area contributed by atoms with Gasteiger partial charge in [0, 0.05) is 19.3 Å².